The van der Waals surface area contributed by atoms with Crippen molar-refractivity contribution in [2.45, 2.75) is 25.4 Å². The van der Waals surface area contributed by atoms with E-state index in [0.717, 1.165) is 6.54 Å². The van der Waals surface area contributed by atoms with Crippen LogP contribution >= 0.6 is 0 Å². The molecule has 1 unspecified atom stereocenters. The highest BCUT2D eigenvalue weighted by atomic mass is 15.2. The van der Waals surface area contributed by atoms with Gasteiger partial charge in [-0.3, -0.25) is 9.88 Å². The number of hydrogen-bond acceptors (Lipinski definition) is 3. The number of aromatic nitrogens is 1. The molecule has 2 rings (SSSR count). The Bertz CT molecular complexity index is 286. The van der Waals surface area contributed by atoms with Gasteiger partial charge >= 0.3 is 0 Å². The van der Waals surface area contributed by atoms with Crippen LogP contribution in [0, 0.1) is 0 Å². The molecule has 15 heavy (non-hydrogen) atoms. The molecule has 1 fully saturated rings. The highest BCUT2D eigenvalue weighted by molar-refractivity contribution is 5.09. The summed E-state index contributed by atoms with van der Waals surface area (Å²) in [6.45, 7) is 3.44. The van der Waals surface area contributed by atoms with Crippen LogP contribution in [0.5, 0.6) is 0 Å². The maximum atomic E-state index is 4.04. The van der Waals surface area contributed by atoms with E-state index < -0.39 is 0 Å². The smallest absolute Gasteiger partial charge is 0.0271 e. The van der Waals surface area contributed by atoms with E-state index >= 15 is 0 Å². The summed E-state index contributed by atoms with van der Waals surface area (Å²) in [7, 11) is 2.06. The van der Waals surface area contributed by atoms with Crippen molar-refractivity contribution in [1.82, 2.24) is 15.2 Å². The van der Waals surface area contributed by atoms with Gasteiger partial charge in [0, 0.05) is 31.5 Å². The number of likely N-dealkylation sites (tertiary alicyclic amines) is 1. The van der Waals surface area contributed by atoms with Crippen molar-refractivity contribution in [2.75, 3.05) is 20.1 Å². The van der Waals surface area contributed by atoms with Crippen LogP contribution in [0.4, 0.5) is 0 Å². The van der Waals surface area contributed by atoms with Gasteiger partial charge < -0.3 is 5.32 Å². The molecule has 0 aliphatic carbocycles. The molecule has 1 aromatic rings. The predicted molar refractivity (Wildman–Crippen MR) is 61.6 cm³/mol. The quantitative estimate of drug-likeness (QED) is 0.805. The molecule has 82 valence electrons. The molecule has 0 spiro atoms. The predicted octanol–water partition coefficient (Wildman–Crippen LogP) is 1.27. The number of hydrogen-bond donors (Lipinski definition) is 1. The molecule has 3 nitrogen and oxygen atoms in total. The Morgan fingerprint density at radius 1 is 1.47 bits per heavy atom. The third-order valence-electron chi connectivity index (χ3n) is 3.07. The molecule has 3 heteroatoms. The summed E-state index contributed by atoms with van der Waals surface area (Å²) in [5.74, 6) is 0. The van der Waals surface area contributed by atoms with Gasteiger partial charge in [-0.15, -0.1) is 0 Å². The summed E-state index contributed by atoms with van der Waals surface area (Å²) in [5.41, 5.74) is 1.36. The largest absolute Gasteiger partial charge is 0.316 e. The number of pyridine rings is 1. The Kier molecular flexibility index (Phi) is 3.69. The fourth-order valence-electron chi connectivity index (χ4n) is 2.18. The molecule has 0 bridgehead atoms. The lowest BCUT2D eigenvalue weighted by Crippen LogP contribution is -2.43. The van der Waals surface area contributed by atoms with Gasteiger partial charge in [0.25, 0.3) is 0 Å². The number of nitrogens with one attached hydrogen (secondary N) is 1. The first-order chi connectivity index (χ1) is 7.38. The van der Waals surface area contributed by atoms with Crippen molar-refractivity contribution in [3.05, 3.63) is 30.1 Å². The van der Waals surface area contributed by atoms with Gasteiger partial charge in [-0.05, 0) is 44.1 Å². The maximum Gasteiger partial charge on any atom is 0.0271 e. The van der Waals surface area contributed by atoms with Crippen molar-refractivity contribution >= 4 is 0 Å². The molecule has 0 radical (unpaired) electrons. The molecular formula is C12H19N3. The Morgan fingerprint density at radius 2 is 2.27 bits per heavy atom. The minimum atomic E-state index is 0.667. The summed E-state index contributed by atoms with van der Waals surface area (Å²) >= 11 is 0. The fraction of sp³-hybridized carbons (Fsp3) is 0.583. The van der Waals surface area contributed by atoms with E-state index in [-0.39, 0.29) is 0 Å². The topological polar surface area (TPSA) is 28.2 Å². The lowest BCUT2D eigenvalue weighted by molar-refractivity contribution is 0.188. The molecule has 1 aliphatic heterocycles. The molecular weight excluding hydrogens is 186 g/mol. The zero-order valence-electron chi connectivity index (χ0n) is 9.32. The molecule has 0 aromatic carbocycles. The average Bonchev–Trinajstić information content (AvgIpc) is 2.31. The Morgan fingerprint density at radius 3 is 3.00 bits per heavy atom. The minimum absolute atomic E-state index is 0.667. The van der Waals surface area contributed by atoms with Crippen molar-refractivity contribution in [3.8, 4) is 0 Å². The van der Waals surface area contributed by atoms with Gasteiger partial charge in [0.1, 0.15) is 0 Å². The maximum absolute atomic E-state index is 4.04. The molecule has 2 heterocycles. The normalized spacial score (nSPS) is 22.9. The SMILES string of the molecule is CNC1CCCN(Cc2ccncc2)C1. The highest BCUT2D eigenvalue weighted by Gasteiger charge is 2.17. The van der Waals surface area contributed by atoms with Crippen molar-refractivity contribution < 1.29 is 0 Å². The van der Waals surface area contributed by atoms with Crippen LogP contribution in [0.15, 0.2) is 24.5 Å². The Labute approximate surface area is 91.5 Å². The van der Waals surface area contributed by atoms with E-state index in [2.05, 4.69) is 34.4 Å². The summed E-state index contributed by atoms with van der Waals surface area (Å²) in [6.07, 6.45) is 6.35. The molecule has 0 saturated carbocycles. The first-order valence-electron chi connectivity index (χ1n) is 5.67. The molecule has 1 saturated heterocycles. The van der Waals surface area contributed by atoms with E-state index in [1.54, 1.807) is 0 Å². The number of nitrogens with zero attached hydrogens (tertiary/aromatic N) is 2. The Balaban J connectivity index is 1.89. The van der Waals surface area contributed by atoms with Gasteiger partial charge in [0.05, 0.1) is 0 Å². The number of rotatable bonds is 3. The minimum Gasteiger partial charge on any atom is -0.316 e. The fourth-order valence-corrected chi connectivity index (χ4v) is 2.18. The van der Waals surface area contributed by atoms with Crippen LogP contribution in [0.2, 0.25) is 0 Å². The van der Waals surface area contributed by atoms with E-state index in [1.807, 2.05) is 12.4 Å². The van der Waals surface area contributed by atoms with Gasteiger partial charge in [0.2, 0.25) is 0 Å². The molecule has 1 aliphatic rings. The second-order valence-electron chi connectivity index (χ2n) is 4.22. The highest BCUT2D eigenvalue weighted by Crippen LogP contribution is 2.12. The van der Waals surface area contributed by atoms with E-state index in [0.29, 0.717) is 6.04 Å². The van der Waals surface area contributed by atoms with E-state index in [9.17, 15) is 0 Å². The zero-order valence-corrected chi connectivity index (χ0v) is 9.32. The van der Waals surface area contributed by atoms with Crippen molar-refractivity contribution in [3.63, 3.8) is 0 Å². The molecule has 1 atom stereocenters. The van der Waals surface area contributed by atoms with Crippen LogP contribution in [0.3, 0.4) is 0 Å². The van der Waals surface area contributed by atoms with Crippen LogP contribution in [0.1, 0.15) is 18.4 Å². The van der Waals surface area contributed by atoms with Gasteiger partial charge in [-0.1, -0.05) is 0 Å². The Hall–Kier alpha value is -0.930. The van der Waals surface area contributed by atoms with Gasteiger partial charge in [-0.2, -0.15) is 0 Å². The summed E-state index contributed by atoms with van der Waals surface area (Å²) in [4.78, 5) is 6.55. The number of likely N-dealkylation sites (N-methyl/N-ethyl adjacent to an activating group) is 1. The first kappa shape index (κ1) is 10.6. The lowest BCUT2D eigenvalue weighted by Gasteiger charge is -2.32. The van der Waals surface area contributed by atoms with Crippen LogP contribution in [-0.4, -0.2) is 36.1 Å². The summed E-state index contributed by atoms with van der Waals surface area (Å²) < 4.78 is 0. The van der Waals surface area contributed by atoms with Crippen molar-refractivity contribution in [2.24, 2.45) is 0 Å². The van der Waals surface area contributed by atoms with Gasteiger partial charge in [-0.25, -0.2) is 0 Å². The summed E-state index contributed by atoms with van der Waals surface area (Å²) in [6, 6.07) is 4.87. The molecule has 1 aromatic heterocycles. The second kappa shape index (κ2) is 5.24. The lowest BCUT2D eigenvalue weighted by atomic mass is 10.1. The van der Waals surface area contributed by atoms with Crippen LogP contribution in [-0.2, 0) is 6.54 Å². The summed E-state index contributed by atoms with van der Waals surface area (Å²) in [5, 5.41) is 3.37. The average molecular weight is 205 g/mol. The van der Waals surface area contributed by atoms with Crippen LogP contribution in [0.25, 0.3) is 0 Å². The van der Waals surface area contributed by atoms with Crippen molar-refractivity contribution in [1.29, 1.82) is 0 Å². The zero-order chi connectivity index (χ0) is 10.5. The molecule has 0 amide bonds. The third kappa shape index (κ3) is 3.01. The monoisotopic (exact) mass is 205 g/mol. The first-order valence-corrected chi connectivity index (χ1v) is 5.67. The van der Waals surface area contributed by atoms with Gasteiger partial charge in [0.15, 0.2) is 0 Å². The van der Waals surface area contributed by atoms with Crippen LogP contribution < -0.4 is 5.32 Å². The number of piperidine rings is 1. The third-order valence-corrected chi connectivity index (χ3v) is 3.07. The second-order valence-corrected chi connectivity index (χ2v) is 4.22. The van der Waals surface area contributed by atoms with E-state index in [4.69, 9.17) is 0 Å². The standard InChI is InChI=1S/C12H19N3/c1-13-12-3-2-8-15(10-12)9-11-4-6-14-7-5-11/h4-7,12-13H,2-3,8-10H2,1H3. The molecule has 1 N–H and O–H groups in total. The van der Waals surface area contributed by atoms with E-state index in [1.165, 1.54) is 31.5 Å².